The van der Waals surface area contributed by atoms with E-state index in [2.05, 4.69) is 9.93 Å². The quantitative estimate of drug-likeness (QED) is 0.469. The standard InChI is InChI=1S/C2H4N2S2/c5-6-2-1-3-4-6/h1,4H,2H2. The average molecular weight is 120 g/mol. The van der Waals surface area contributed by atoms with Crippen molar-refractivity contribution in [1.82, 2.24) is 4.83 Å². The van der Waals surface area contributed by atoms with Gasteiger partial charge in [0.1, 0.15) is 0 Å². The van der Waals surface area contributed by atoms with Crippen LogP contribution in [0, 0.1) is 0 Å². The molecule has 0 aromatic heterocycles. The van der Waals surface area contributed by atoms with Crippen LogP contribution in [0.4, 0.5) is 0 Å². The Bertz CT molecular complexity index is 87.7. The van der Waals surface area contributed by atoms with Gasteiger partial charge in [0.25, 0.3) is 0 Å². The van der Waals surface area contributed by atoms with Crippen LogP contribution < -0.4 is 4.83 Å². The molecule has 0 aromatic carbocycles. The van der Waals surface area contributed by atoms with E-state index in [4.69, 9.17) is 11.2 Å². The normalized spacial score (nSPS) is 30.3. The van der Waals surface area contributed by atoms with Gasteiger partial charge in [-0.05, 0) is 20.8 Å². The molecule has 1 aliphatic heterocycles. The molecule has 1 aliphatic rings. The second-order valence-electron chi connectivity index (χ2n) is 0.915. The third kappa shape index (κ3) is 0.753. The minimum atomic E-state index is -0.0617. The molecule has 0 saturated carbocycles. The van der Waals surface area contributed by atoms with Crippen LogP contribution in [0.5, 0.6) is 0 Å². The molecule has 6 heavy (non-hydrogen) atoms. The summed E-state index contributed by atoms with van der Waals surface area (Å²) in [6.45, 7) is 0. The first-order valence-corrected chi connectivity index (χ1v) is 3.87. The highest BCUT2D eigenvalue weighted by atomic mass is 32.8. The molecule has 0 amide bonds. The second kappa shape index (κ2) is 1.66. The molecule has 1 heterocycles. The van der Waals surface area contributed by atoms with Gasteiger partial charge >= 0.3 is 0 Å². The average Bonchev–Trinajstić information content (AvgIpc) is 1.86. The maximum atomic E-state index is 4.79. The van der Waals surface area contributed by atoms with Crippen LogP contribution in [0.1, 0.15) is 0 Å². The zero-order chi connectivity index (χ0) is 4.41. The Balaban J connectivity index is 2.52. The molecule has 0 aliphatic carbocycles. The smallest absolute Gasteiger partial charge is 0.0551 e. The fraction of sp³-hybridized carbons (Fsp3) is 0.500. The third-order valence-electron chi connectivity index (χ3n) is 0.472. The van der Waals surface area contributed by atoms with Gasteiger partial charge in [-0.3, -0.25) is 0 Å². The van der Waals surface area contributed by atoms with Crippen molar-refractivity contribution in [3.8, 4) is 0 Å². The number of nitrogens with one attached hydrogen (secondary N) is 1. The van der Waals surface area contributed by atoms with E-state index < -0.39 is 0 Å². The number of hydrogen-bond donors (Lipinski definition) is 1. The molecule has 0 saturated heterocycles. The molecule has 0 spiro atoms. The predicted octanol–water partition coefficient (Wildman–Crippen LogP) is -0.429. The van der Waals surface area contributed by atoms with Gasteiger partial charge in [-0.2, -0.15) is 5.10 Å². The summed E-state index contributed by atoms with van der Waals surface area (Å²) in [5.74, 6) is 0.926. The van der Waals surface area contributed by atoms with Gasteiger partial charge in [0, 0.05) is 6.21 Å². The molecular weight excluding hydrogens is 116 g/mol. The van der Waals surface area contributed by atoms with Crippen LogP contribution in [-0.4, -0.2) is 12.0 Å². The molecule has 4 heteroatoms. The maximum absolute atomic E-state index is 4.79. The minimum absolute atomic E-state index is 0.0617. The molecule has 0 aromatic rings. The number of hydrogen-bond acceptors (Lipinski definition) is 2. The first-order chi connectivity index (χ1) is 2.89. The van der Waals surface area contributed by atoms with Crippen LogP contribution in [-0.2, 0) is 20.8 Å². The number of nitrogens with zero attached hydrogens (tertiary/aromatic N) is 1. The van der Waals surface area contributed by atoms with Gasteiger partial charge in [0.05, 0.1) is 5.75 Å². The number of rotatable bonds is 0. The third-order valence-corrected chi connectivity index (χ3v) is 1.86. The molecule has 1 N–H and O–H groups in total. The topological polar surface area (TPSA) is 24.4 Å². The molecule has 1 atom stereocenters. The van der Waals surface area contributed by atoms with Crippen LogP contribution in [0.3, 0.4) is 0 Å². The second-order valence-corrected chi connectivity index (χ2v) is 3.33. The molecule has 1 unspecified atom stereocenters. The van der Waals surface area contributed by atoms with Crippen molar-refractivity contribution in [2.75, 3.05) is 5.75 Å². The molecule has 34 valence electrons. The van der Waals surface area contributed by atoms with E-state index in [1.165, 1.54) is 0 Å². The molecule has 0 bridgehead atoms. The van der Waals surface area contributed by atoms with E-state index in [0.29, 0.717) is 0 Å². The lowest BCUT2D eigenvalue weighted by Gasteiger charge is -1.84. The summed E-state index contributed by atoms with van der Waals surface area (Å²) < 4.78 is 0. The van der Waals surface area contributed by atoms with Gasteiger partial charge in [0.2, 0.25) is 0 Å². The van der Waals surface area contributed by atoms with Crippen LogP contribution in [0.15, 0.2) is 5.10 Å². The summed E-state index contributed by atoms with van der Waals surface area (Å²) in [4.78, 5) is 2.73. The van der Waals surface area contributed by atoms with E-state index in [-0.39, 0.29) is 9.64 Å². The molecule has 1 rings (SSSR count). The summed E-state index contributed by atoms with van der Waals surface area (Å²) in [5.41, 5.74) is 0. The van der Waals surface area contributed by atoms with Gasteiger partial charge in [-0.1, -0.05) is 0 Å². The van der Waals surface area contributed by atoms with Crippen LogP contribution in [0.2, 0.25) is 0 Å². The van der Waals surface area contributed by atoms with Gasteiger partial charge in [-0.25, -0.2) is 4.83 Å². The summed E-state index contributed by atoms with van der Waals surface area (Å²) in [7, 11) is -0.0617. The van der Waals surface area contributed by atoms with Crippen molar-refractivity contribution < 1.29 is 0 Å². The Morgan fingerprint density at radius 2 is 2.83 bits per heavy atom. The summed E-state index contributed by atoms with van der Waals surface area (Å²) in [6.07, 6.45) is 1.80. The molecular formula is C2H4N2S2. The van der Waals surface area contributed by atoms with Crippen molar-refractivity contribution in [2.45, 2.75) is 0 Å². The first-order valence-electron chi connectivity index (χ1n) is 1.55. The Labute approximate surface area is 43.3 Å². The van der Waals surface area contributed by atoms with E-state index in [0.717, 1.165) is 5.75 Å². The minimum Gasteiger partial charge on any atom is -0.249 e. The lowest BCUT2D eigenvalue weighted by molar-refractivity contribution is 1.14. The van der Waals surface area contributed by atoms with Gasteiger partial charge in [0.15, 0.2) is 0 Å². The van der Waals surface area contributed by atoms with Crippen molar-refractivity contribution in [3.63, 3.8) is 0 Å². The fourth-order valence-corrected chi connectivity index (χ4v) is 1.03. The Hall–Kier alpha value is 0.0400. The molecule has 2 nitrogen and oxygen atoms in total. The number of hydrazone groups is 1. The summed E-state index contributed by atoms with van der Waals surface area (Å²) in [6, 6.07) is 0. The molecule has 0 radical (unpaired) electrons. The first kappa shape index (κ1) is 4.21. The van der Waals surface area contributed by atoms with E-state index in [1.807, 2.05) is 0 Å². The lowest BCUT2D eigenvalue weighted by atomic mass is 10.9. The molecule has 0 fully saturated rings. The highest BCUT2D eigenvalue weighted by Gasteiger charge is 1.91. The monoisotopic (exact) mass is 120 g/mol. The highest BCUT2D eigenvalue weighted by molar-refractivity contribution is 8.28. The van der Waals surface area contributed by atoms with Gasteiger partial charge < -0.3 is 0 Å². The maximum Gasteiger partial charge on any atom is 0.0551 e. The Kier molecular flexibility index (Phi) is 1.16. The van der Waals surface area contributed by atoms with Crippen molar-refractivity contribution in [3.05, 3.63) is 0 Å². The van der Waals surface area contributed by atoms with Crippen molar-refractivity contribution >= 4 is 27.0 Å². The van der Waals surface area contributed by atoms with Crippen molar-refractivity contribution in [2.24, 2.45) is 5.10 Å². The highest BCUT2D eigenvalue weighted by Crippen LogP contribution is 1.79. The predicted molar refractivity (Wildman–Crippen MR) is 31.2 cm³/mol. The fourth-order valence-electron chi connectivity index (χ4n) is 0.238. The SMILES string of the molecule is S=S1CC=NN1. The van der Waals surface area contributed by atoms with E-state index in [9.17, 15) is 0 Å². The van der Waals surface area contributed by atoms with Crippen LogP contribution in [0.25, 0.3) is 0 Å². The zero-order valence-electron chi connectivity index (χ0n) is 3.05. The Morgan fingerprint density at radius 3 is 3.00 bits per heavy atom. The van der Waals surface area contributed by atoms with E-state index in [1.54, 1.807) is 6.21 Å². The van der Waals surface area contributed by atoms with E-state index >= 15 is 0 Å². The largest absolute Gasteiger partial charge is 0.249 e. The Morgan fingerprint density at radius 1 is 2.00 bits per heavy atom. The van der Waals surface area contributed by atoms with Crippen molar-refractivity contribution in [1.29, 1.82) is 0 Å². The summed E-state index contributed by atoms with van der Waals surface area (Å²) >= 11 is 4.79. The lowest BCUT2D eigenvalue weighted by Crippen LogP contribution is -2.01. The van der Waals surface area contributed by atoms with Gasteiger partial charge in [-0.15, -0.1) is 0 Å². The zero-order valence-corrected chi connectivity index (χ0v) is 4.68. The van der Waals surface area contributed by atoms with Crippen LogP contribution >= 0.6 is 0 Å². The summed E-state index contributed by atoms with van der Waals surface area (Å²) in [5, 5.41) is 3.70.